The van der Waals surface area contributed by atoms with Crippen LogP contribution in [0.5, 0.6) is 0 Å². The van der Waals surface area contributed by atoms with Crippen LogP contribution in [0, 0.1) is 11.3 Å². The number of rotatable bonds is 3. The van der Waals surface area contributed by atoms with Crippen LogP contribution < -0.4 is 4.90 Å². The van der Waals surface area contributed by atoms with Crippen molar-refractivity contribution in [1.82, 2.24) is 14.9 Å². The van der Waals surface area contributed by atoms with Gasteiger partial charge in [0, 0.05) is 25.2 Å². The summed E-state index contributed by atoms with van der Waals surface area (Å²) >= 11 is 6.08. The Bertz CT molecular complexity index is 981. The number of aliphatic hydroxyl groups excluding tert-OH is 1. The van der Waals surface area contributed by atoms with Gasteiger partial charge in [-0.3, -0.25) is 0 Å². The molecular weight excluding hydrogens is 426 g/mol. The second kappa shape index (κ2) is 8.59. The lowest BCUT2D eigenvalue weighted by Crippen LogP contribution is -2.56. The van der Waals surface area contributed by atoms with E-state index in [4.69, 9.17) is 16.3 Å². The van der Waals surface area contributed by atoms with Crippen molar-refractivity contribution < 1.29 is 24.5 Å². The van der Waals surface area contributed by atoms with Crippen LogP contribution in [0.1, 0.15) is 44.9 Å². The molecule has 1 aromatic rings. The highest BCUT2D eigenvalue weighted by Crippen LogP contribution is 2.35. The maximum absolute atomic E-state index is 12.6. The number of halogens is 1. The van der Waals surface area contributed by atoms with Crippen LogP contribution in [0.25, 0.3) is 5.76 Å². The number of nitrogens with zero attached hydrogens (tertiary/aromatic N) is 5. The lowest BCUT2D eigenvalue weighted by molar-refractivity contribution is -0.132. The molecule has 0 spiro atoms. The fraction of sp³-hybridized carbons (Fsp3) is 0.550. The van der Waals surface area contributed by atoms with Gasteiger partial charge in [0.2, 0.25) is 5.28 Å². The number of aliphatic carboxylic acids is 1. The second-order valence-electron chi connectivity index (χ2n) is 8.41. The molecule has 166 valence electrons. The average Bonchev–Trinajstić information content (AvgIpc) is 2.66. The van der Waals surface area contributed by atoms with Gasteiger partial charge in [-0.25, -0.2) is 19.6 Å². The number of fused-ring (bicyclic) bond motifs is 1. The zero-order chi connectivity index (χ0) is 22.9. The number of carboxylic acids is 1. The normalized spacial score (nSPS) is 19.0. The van der Waals surface area contributed by atoms with E-state index >= 15 is 0 Å². The first kappa shape index (κ1) is 22.6. The molecular formula is C20H24ClN5O5. The van der Waals surface area contributed by atoms with Crippen LogP contribution in [0.4, 0.5) is 10.6 Å². The molecule has 0 unspecified atom stereocenters. The minimum atomic E-state index is -1.21. The molecule has 31 heavy (non-hydrogen) atoms. The summed E-state index contributed by atoms with van der Waals surface area (Å²) in [5, 5.41) is 28.9. The molecule has 1 aliphatic heterocycles. The van der Waals surface area contributed by atoms with Crippen LogP contribution in [0.15, 0.2) is 5.57 Å². The third-order valence-corrected chi connectivity index (χ3v) is 5.26. The standard InChI is InChI=1S/C20H24ClN5O5/c1-20(2,3)31-19(30)26-9-8-25(10-11(26)6-7-22)16-12-4-5-13(17(28)29)15(27)14(12)23-18(21)24-16/h11,27H,4-6,8-10H2,1-3H3,(H,28,29)/t11-/m0/s1. The molecule has 2 heterocycles. The number of amides is 1. The molecule has 1 aliphatic carbocycles. The molecule has 11 heteroatoms. The molecule has 2 N–H and O–H groups in total. The fourth-order valence-electron chi connectivity index (χ4n) is 3.74. The number of carbonyl (C=O) groups is 2. The van der Waals surface area contributed by atoms with Crippen molar-refractivity contribution in [2.24, 2.45) is 0 Å². The number of aliphatic hydroxyl groups is 1. The summed E-state index contributed by atoms with van der Waals surface area (Å²) in [5.74, 6) is -1.16. The molecule has 10 nitrogen and oxygen atoms in total. The van der Waals surface area contributed by atoms with Crippen molar-refractivity contribution in [3.8, 4) is 6.07 Å². The Hall–Kier alpha value is -3.06. The largest absolute Gasteiger partial charge is 0.505 e. The zero-order valence-electron chi connectivity index (χ0n) is 17.6. The highest BCUT2D eigenvalue weighted by Gasteiger charge is 2.36. The highest BCUT2D eigenvalue weighted by molar-refractivity contribution is 6.28. The number of carboxylic acid groups (broad SMARTS) is 1. The summed E-state index contributed by atoms with van der Waals surface area (Å²) in [5.41, 5.74) is -0.0835. The molecule has 1 fully saturated rings. The van der Waals surface area contributed by atoms with Gasteiger partial charge in [-0.2, -0.15) is 5.26 Å². The number of ether oxygens (including phenoxy) is 1. The zero-order valence-corrected chi connectivity index (χ0v) is 18.3. The summed E-state index contributed by atoms with van der Waals surface area (Å²) in [6.45, 7) is 6.35. The summed E-state index contributed by atoms with van der Waals surface area (Å²) in [6.07, 6.45) is 0.0706. The maximum Gasteiger partial charge on any atom is 0.410 e. The van der Waals surface area contributed by atoms with E-state index in [9.17, 15) is 25.1 Å². The van der Waals surface area contributed by atoms with E-state index in [1.165, 1.54) is 0 Å². The van der Waals surface area contributed by atoms with Gasteiger partial charge in [-0.15, -0.1) is 0 Å². The molecule has 0 radical (unpaired) electrons. The Balaban J connectivity index is 1.92. The first-order valence-corrected chi connectivity index (χ1v) is 10.2. The topological polar surface area (TPSA) is 140 Å². The Kier molecular flexibility index (Phi) is 6.27. The number of nitriles is 1. The van der Waals surface area contributed by atoms with Gasteiger partial charge in [0.25, 0.3) is 0 Å². The Morgan fingerprint density at radius 1 is 1.29 bits per heavy atom. The van der Waals surface area contributed by atoms with Gasteiger partial charge in [-0.05, 0) is 45.2 Å². The highest BCUT2D eigenvalue weighted by atomic mass is 35.5. The van der Waals surface area contributed by atoms with E-state index in [0.717, 1.165) is 0 Å². The van der Waals surface area contributed by atoms with Crippen LogP contribution in [-0.2, 0) is 16.0 Å². The van der Waals surface area contributed by atoms with Gasteiger partial charge in [0.1, 0.15) is 17.1 Å². The van der Waals surface area contributed by atoms with E-state index in [-0.39, 0.29) is 29.4 Å². The Morgan fingerprint density at radius 2 is 2.00 bits per heavy atom. The fourth-order valence-corrected chi connectivity index (χ4v) is 3.91. The summed E-state index contributed by atoms with van der Waals surface area (Å²) in [6, 6.07) is 1.68. The molecule has 1 aromatic heterocycles. The number of carbonyl (C=O) groups excluding carboxylic acids is 1. The predicted molar refractivity (Wildman–Crippen MR) is 112 cm³/mol. The molecule has 1 atom stereocenters. The lowest BCUT2D eigenvalue weighted by Gasteiger charge is -2.42. The summed E-state index contributed by atoms with van der Waals surface area (Å²) in [7, 11) is 0. The molecule has 2 aliphatic rings. The smallest absolute Gasteiger partial charge is 0.410 e. The molecule has 0 saturated carbocycles. The lowest BCUT2D eigenvalue weighted by atomic mass is 9.93. The molecule has 0 bridgehead atoms. The van der Waals surface area contributed by atoms with Crippen molar-refractivity contribution in [1.29, 1.82) is 5.26 Å². The predicted octanol–water partition coefficient (Wildman–Crippen LogP) is 2.77. The third kappa shape index (κ3) is 4.82. The quantitative estimate of drug-likeness (QED) is 0.666. The number of hydrogen-bond acceptors (Lipinski definition) is 8. The number of anilines is 1. The van der Waals surface area contributed by atoms with Crippen LogP contribution >= 0.6 is 11.6 Å². The SMILES string of the molecule is CC(C)(C)OC(=O)N1CCN(c2nc(Cl)nc3c2CCC(C(=O)O)=C3O)C[C@@H]1CC#N. The van der Waals surface area contributed by atoms with Crippen molar-refractivity contribution in [2.75, 3.05) is 24.5 Å². The molecule has 0 aromatic carbocycles. The van der Waals surface area contributed by atoms with Gasteiger partial charge >= 0.3 is 12.1 Å². The summed E-state index contributed by atoms with van der Waals surface area (Å²) in [4.78, 5) is 35.8. The van der Waals surface area contributed by atoms with Crippen molar-refractivity contribution in [3.05, 3.63) is 22.1 Å². The van der Waals surface area contributed by atoms with Gasteiger partial charge in [-0.1, -0.05) is 0 Å². The van der Waals surface area contributed by atoms with Crippen molar-refractivity contribution in [2.45, 2.75) is 51.7 Å². The number of hydrogen-bond donors (Lipinski definition) is 2. The van der Waals surface area contributed by atoms with Crippen LogP contribution in [0.2, 0.25) is 5.28 Å². The second-order valence-corrected chi connectivity index (χ2v) is 8.75. The van der Waals surface area contributed by atoms with Gasteiger partial charge in [0.05, 0.1) is 24.1 Å². The van der Waals surface area contributed by atoms with Crippen LogP contribution in [0.3, 0.4) is 0 Å². The first-order chi connectivity index (χ1) is 14.5. The maximum atomic E-state index is 12.6. The minimum Gasteiger partial charge on any atom is -0.505 e. The van der Waals surface area contributed by atoms with E-state index in [0.29, 0.717) is 37.4 Å². The first-order valence-electron chi connectivity index (χ1n) is 9.85. The van der Waals surface area contributed by atoms with Gasteiger partial charge in [0.15, 0.2) is 5.76 Å². The third-order valence-electron chi connectivity index (χ3n) is 5.09. The Morgan fingerprint density at radius 3 is 2.61 bits per heavy atom. The van der Waals surface area contributed by atoms with Gasteiger partial charge < -0.3 is 24.7 Å². The van der Waals surface area contributed by atoms with E-state index in [2.05, 4.69) is 16.0 Å². The number of aromatic nitrogens is 2. The van der Waals surface area contributed by atoms with E-state index in [1.807, 2.05) is 4.90 Å². The Labute approximate surface area is 184 Å². The van der Waals surface area contributed by atoms with Crippen LogP contribution in [-0.4, -0.2) is 68.4 Å². The summed E-state index contributed by atoms with van der Waals surface area (Å²) < 4.78 is 5.47. The minimum absolute atomic E-state index is 0.102. The van der Waals surface area contributed by atoms with E-state index < -0.39 is 29.5 Å². The monoisotopic (exact) mass is 449 g/mol. The molecule has 1 amide bonds. The molecule has 1 saturated heterocycles. The van der Waals surface area contributed by atoms with E-state index in [1.54, 1.807) is 25.7 Å². The van der Waals surface area contributed by atoms with Crippen molar-refractivity contribution >= 4 is 35.2 Å². The average molecular weight is 450 g/mol. The van der Waals surface area contributed by atoms with Crippen molar-refractivity contribution in [3.63, 3.8) is 0 Å². The molecule has 3 rings (SSSR count). The number of piperazine rings is 1.